The second-order valence-electron chi connectivity index (χ2n) is 6.35. The van der Waals surface area contributed by atoms with Crippen molar-refractivity contribution >= 4 is 33.1 Å². The summed E-state index contributed by atoms with van der Waals surface area (Å²) in [7, 11) is -3.62. The minimum absolute atomic E-state index is 0.255. The quantitative estimate of drug-likeness (QED) is 0.826. The van der Waals surface area contributed by atoms with E-state index in [0.29, 0.717) is 11.4 Å². The summed E-state index contributed by atoms with van der Waals surface area (Å²) in [6.07, 6.45) is 3.41. The molecule has 2 heterocycles. The normalized spacial score (nSPS) is 14.5. The maximum Gasteiger partial charge on any atom is 0.246 e. The average molecular weight is 378 g/mol. The van der Waals surface area contributed by atoms with Crippen LogP contribution in [0.3, 0.4) is 0 Å². The zero-order valence-electron chi connectivity index (χ0n) is 14.8. The van der Waals surface area contributed by atoms with Gasteiger partial charge in [-0.15, -0.1) is 0 Å². The summed E-state index contributed by atoms with van der Waals surface area (Å²) in [6, 6.07) is 8.79. The van der Waals surface area contributed by atoms with Crippen molar-refractivity contribution in [3.8, 4) is 0 Å². The van der Waals surface area contributed by atoms with Crippen LogP contribution in [0.1, 0.15) is 18.6 Å². The summed E-state index contributed by atoms with van der Waals surface area (Å²) in [5.41, 5.74) is 1.50. The molecule has 0 spiro atoms. The Balaban J connectivity index is 1.74. The Kier molecular flexibility index (Phi) is 5.17. The van der Waals surface area contributed by atoms with Crippen LogP contribution in [0, 0.1) is 6.92 Å². The van der Waals surface area contributed by atoms with Gasteiger partial charge in [0.15, 0.2) is 5.82 Å². The topological polar surface area (TPSA) is 95.8 Å². The third kappa shape index (κ3) is 4.34. The third-order valence-electron chi connectivity index (χ3n) is 4.19. The molecule has 1 amide bonds. The molecule has 0 unspecified atom stereocenters. The summed E-state index contributed by atoms with van der Waals surface area (Å²) in [6.45, 7) is 3.38. The third-order valence-corrected chi connectivity index (χ3v) is 5.33. The van der Waals surface area contributed by atoms with Gasteiger partial charge in [0.1, 0.15) is 12.3 Å². The highest BCUT2D eigenvalue weighted by atomic mass is 32.2. The SMILES string of the molecule is Cc1cc(NC(=O)CN(c2ccc(N3CCCC3)cc2)S(C)(=O)=O)no1. The summed E-state index contributed by atoms with van der Waals surface area (Å²) in [4.78, 5) is 14.5. The van der Waals surface area contributed by atoms with E-state index in [2.05, 4.69) is 15.4 Å². The first kappa shape index (κ1) is 18.2. The minimum atomic E-state index is -3.62. The predicted molar refractivity (Wildman–Crippen MR) is 99.9 cm³/mol. The highest BCUT2D eigenvalue weighted by Crippen LogP contribution is 2.25. The minimum Gasteiger partial charge on any atom is -0.372 e. The molecule has 2 aromatic rings. The first-order chi connectivity index (χ1) is 12.3. The van der Waals surface area contributed by atoms with Crippen molar-refractivity contribution < 1.29 is 17.7 Å². The van der Waals surface area contributed by atoms with E-state index >= 15 is 0 Å². The molecule has 1 aromatic carbocycles. The van der Waals surface area contributed by atoms with Crippen LogP contribution in [-0.2, 0) is 14.8 Å². The van der Waals surface area contributed by atoms with Gasteiger partial charge in [0, 0.05) is 24.8 Å². The van der Waals surface area contributed by atoms with Crippen LogP contribution in [0.4, 0.5) is 17.2 Å². The fourth-order valence-electron chi connectivity index (χ4n) is 2.94. The number of rotatable bonds is 6. The number of carbonyl (C=O) groups excluding carboxylic acids is 1. The molecule has 0 aliphatic carbocycles. The summed E-state index contributed by atoms with van der Waals surface area (Å²) in [5, 5.41) is 6.21. The number of hydrogen-bond acceptors (Lipinski definition) is 6. The largest absolute Gasteiger partial charge is 0.372 e. The molecular weight excluding hydrogens is 356 g/mol. The van der Waals surface area contributed by atoms with Crippen LogP contribution >= 0.6 is 0 Å². The highest BCUT2D eigenvalue weighted by Gasteiger charge is 2.22. The molecular formula is C17H22N4O4S. The zero-order valence-corrected chi connectivity index (χ0v) is 15.6. The molecule has 1 aromatic heterocycles. The molecule has 26 heavy (non-hydrogen) atoms. The van der Waals surface area contributed by atoms with Crippen molar-refractivity contribution in [2.24, 2.45) is 0 Å². The van der Waals surface area contributed by atoms with Gasteiger partial charge in [-0.2, -0.15) is 0 Å². The number of nitrogens with zero attached hydrogens (tertiary/aromatic N) is 3. The van der Waals surface area contributed by atoms with Gasteiger partial charge in [-0.3, -0.25) is 9.10 Å². The van der Waals surface area contributed by atoms with Crippen LogP contribution in [0.5, 0.6) is 0 Å². The van der Waals surface area contributed by atoms with Gasteiger partial charge >= 0.3 is 0 Å². The van der Waals surface area contributed by atoms with Crippen LogP contribution in [-0.4, -0.2) is 45.4 Å². The second kappa shape index (κ2) is 7.36. The van der Waals surface area contributed by atoms with Crippen LogP contribution in [0.15, 0.2) is 34.9 Å². The number of aromatic nitrogens is 1. The molecule has 9 heteroatoms. The molecule has 8 nitrogen and oxygen atoms in total. The van der Waals surface area contributed by atoms with Gasteiger partial charge in [-0.1, -0.05) is 5.16 Å². The number of amides is 1. The standard InChI is InChI=1S/C17H22N4O4S/c1-13-11-16(19-25-13)18-17(22)12-21(26(2,23)24)15-7-5-14(6-8-15)20-9-3-4-10-20/h5-8,11H,3-4,9-10,12H2,1-2H3,(H,18,19,22). The fourth-order valence-corrected chi connectivity index (χ4v) is 3.80. The van der Waals surface area contributed by atoms with Crippen LogP contribution < -0.4 is 14.5 Å². The van der Waals surface area contributed by atoms with E-state index in [0.717, 1.165) is 29.3 Å². The number of nitrogens with one attached hydrogen (secondary N) is 1. The molecule has 0 bridgehead atoms. The first-order valence-corrected chi connectivity index (χ1v) is 10.2. The Morgan fingerprint density at radius 2 is 1.92 bits per heavy atom. The van der Waals surface area contributed by atoms with Crippen molar-refractivity contribution in [3.63, 3.8) is 0 Å². The maximum absolute atomic E-state index is 12.2. The lowest BCUT2D eigenvalue weighted by molar-refractivity contribution is -0.114. The molecule has 1 saturated heterocycles. The van der Waals surface area contributed by atoms with E-state index in [1.165, 1.54) is 12.8 Å². The molecule has 140 valence electrons. The average Bonchev–Trinajstić information content (AvgIpc) is 3.24. The Morgan fingerprint density at radius 1 is 1.27 bits per heavy atom. The van der Waals surface area contributed by atoms with Crippen molar-refractivity contribution in [2.75, 3.05) is 40.4 Å². The van der Waals surface area contributed by atoms with Crippen LogP contribution in [0.2, 0.25) is 0 Å². The van der Waals surface area contributed by atoms with Gasteiger partial charge in [-0.05, 0) is 44.0 Å². The van der Waals surface area contributed by atoms with E-state index in [4.69, 9.17) is 4.52 Å². The summed E-state index contributed by atoms with van der Waals surface area (Å²) < 4.78 is 30.3. The monoisotopic (exact) mass is 378 g/mol. The summed E-state index contributed by atoms with van der Waals surface area (Å²) in [5.74, 6) is 0.315. The van der Waals surface area contributed by atoms with E-state index in [1.54, 1.807) is 25.1 Å². The van der Waals surface area contributed by atoms with E-state index in [-0.39, 0.29) is 12.4 Å². The lowest BCUT2D eigenvalue weighted by atomic mass is 10.2. The number of sulfonamides is 1. The molecule has 0 saturated carbocycles. The number of hydrogen-bond donors (Lipinski definition) is 1. The van der Waals surface area contributed by atoms with Gasteiger partial charge in [0.25, 0.3) is 0 Å². The maximum atomic E-state index is 12.2. The van der Waals surface area contributed by atoms with Crippen molar-refractivity contribution in [1.29, 1.82) is 0 Å². The van der Waals surface area contributed by atoms with E-state index in [1.807, 2.05) is 12.1 Å². The predicted octanol–water partition coefficient (Wildman–Crippen LogP) is 1.99. The highest BCUT2D eigenvalue weighted by molar-refractivity contribution is 7.92. The smallest absolute Gasteiger partial charge is 0.246 e. The Bertz CT molecular complexity index is 870. The molecule has 3 rings (SSSR count). The molecule has 0 radical (unpaired) electrons. The molecule has 1 N–H and O–H groups in total. The van der Waals surface area contributed by atoms with Gasteiger partial charge in [-0.25, -0.2) is 8.42 Å². The van der Waals surface area contributed by atoms with Crippen molar-refractivity contribution in [1.82, 2.24) is 5.16 Å². The van der Waals surface area contributed by atoms with E-state index in [9.17, 15) is 13.2 Å². The second-order valence-corrected chi connectivity index (χ2v) is 8.26. The van der Waals surface area contributed by atoms with Gasteiger partial charge in [0.05, 0.1) is 11.9 Å². The molecule has 1 aliphatic rings. The Morgan fingerprint density at radius 3 is 2.46 bits per heavy atom. The van der Waals surface area contributed by atoms with Gasteiger partial charge < -0.3 is 14.7 Å². The Labute approximate surface area is 152 Å². The Hall–Kier alpha value is -2.55. The van der Waals surface area contributed by atoms with Gasteiger partial charge in [0.2, 0.25) is 15.9 Å². The van der Waals surface area contributed by atoms with E-state index < -0.39 is 15.9 Å². The number of aryl methyl sites for hydroxylation is 1. The molecule has 0 atom stereocenters. The lowest BCUT2D eigenvalue weighted by Gasteiger charge is -2.23. The van der Waals surface area contributed by atoms with Crippen molar-refractivity contribution in [2.45, 2.75) is 19.8 Å². The fraction of sp³-hybridized carbons (Fsp3) is 0.412. The number of carbonyl (C=O) groups is 1. The zero-order chi connectivity index (χ0) is 18.7. The number of benzene rings is 1. The molecule has 1 aliphatic heterocycles. The van der Waals surface area contributed by atoms with Crippen LogP contribution in [0.25, 0.3) is 0 Å². The summed E-state index contributed by atoms with van der Waals surface area (Å²) >= 11 is 0. The first-order valence-electron chi connectivity index (χ1n) is 8.39. The molecule has 1 fully saturated rings. The van der Waals surface area contributed by atoms with Crippen molar-refractivity contribution in [3.05, 3.63) is 36.1 Å². The lowest BCUT2D eigenvalue weighted by Crippen LogP contribution is -2.37. The number of anilines is 3.